The van der Waals surface area contributed by atoms with Crippen molar-refractivity contribution in [2.45, 2.75) is 33.2 Å². The van der Waals surface area contributed by atoms with E-state index in [9.17, 15) is 0 Å². The smallest absolute Gasteiger partial charge is 0.147 e. The quantitative estimate of drug-likeness (QED) is 0.883. The van der Waals surface area contributed by atoms with Gasteiger partial charge in [0, 0.05) is 5.56 Å². The molecule has 1 heterocycles. The molecule has 0 aliphatic heterocycles. The molecule has 1 aromatic carbocycles. The lowest BCUT2D eigenvalue weighted by Crippen LogP contribution is -2.18. The van der Waals surface area contributed by atoms with E-state index < -0.39 is 0 Å². The monoisotopic (exact) mass is 291 g/mol. The molecule has 0 bridgehead atoms. The number of nitrogens with zero attached hydrogens (tertiary/aromatic N) is 2. The van der Waals surface area contributed by atoms with E-state index in [1.54, 1.807) is 18.4 Å². The highest BCUT2D eigenvalue weighted by atomic mass is 32.1. The van der Waals surface area contributed by atoms with Crippen molar-refractivity contribution in [2.75, 3.05) is 13.7 Å². The third-order valence-corrected chi connectivity index (χ3v) is 4.32. The number of hydrogen-bond acceptors (Lipinski definition) is 5. The van der Waals surface area contributed by atoms with Crippen LogP contribution in [0.5, 0.6) is 5.75 Å². The van der Waals surface area contributed by atoms with E-state index in [2.05, 4.69) is 35.4 Å². The summed E-state index contributed by atoms with van der Waals surface area (Å²) in [5, 5.41) is 14.0. The summed E-state index contributed by atoms with van der Waals surface area (Å²) in [6.45, 7) is 7.30. The van der Waals surface area contributed by atoms with Gasteiger partial charge in [-0.3, -0.25) is 0 Å². The molecule has 1 aromatic heterocycles. The second kappa shape index (κ2) is 6.81. The summed E-state index contributed by atoms with van der Waals surface area (Å²) in [5.41, 5.74) is 2.18. The molecule has 1 unspecified atom stereocenters. The minimum atomic E-state index is 0.244. The summed E-state index contributed by atoms with van der Waals surface area (Å²) >= 11 is 1.63. The molecule has 0 aliphatic carbocycles. The lowest BCUT2D eigenvalue weighted by atomic mass is 10.1. The van der Waals surface area contributed by atoms with Crippen LogP contribution in [0.25, 0.3) is 10.6 Å². The second-order valence-electron chi connectivity index (χ2n) is 4.81. The van der Waals surface area contributed by atoms with Gasteiger partial charge in [0.15, 0.2) is 0 Å². The van der Waals surface area contributed by atoms with Gasteiger partial charge >= 0.3 is 0 Å². The van der Waals surface area contributed by atoms with Crippen molar-refractivity contribution < 1.29 is 4.74 Å². The zero-order valence-electron chi connectivity index (χ0n) is 12.4. The van der Waals surface area contributed by atoms with E-state index in [0.717, 1.165) is 39.9 Å². The van der Waals surface area contributed by atoms with E-state index in [1.807, 2.05) is 19.1 Å². The Morgan fingerprint density at radius 1 is 1.35 bits per heavy atom. The summed E-state index contributed by atoms with van der Waals surface area (Å²) in [4.78, 5) is 0. The van der Waals surface area contributed by atoms with Crippen LogP contribution in [0.2, 0.25) is 0 Å². The van der Waals surface area contributed by atoms with Crippen LogP contribution in [-0.2, 0) is 0 Å². The summed E-state index contributed by atoms with van der Waals surface area (Å²) < 4.78 is 5.36. The van der Waals surface area contributed by atoms with Gasteiger partial charge in [-0.15, -0.1) is 10.2 Å². The average molecular weight is 291 g/mol. The van der Waals surface area contributed by atoms with Gasteiger partial charge in [0.25, 0.3) is 0 Å². The van der Waals surface area contributed by atoms with E-state index in [1.165, 1.54) is 0 Å². The van der Waals surface area contributed by atoms with Gasteiger partial charge in [0.1, 0.15) is 15.8 Å². The molecular weight excluding hydrogens is 270 g/mol. The summed E-state index contributed by atoms with van der Waals surface area (Å²) in [6.07, 6.45) is 1.12. The number of ether oxygens (including phenoxy) is 1. The highest BCUT2D eigenvalue weighted by molar-refractivity contribution is 7.14. The van der Waals surface area contributed by atoms with Crippen LogP contribution in [0, 0.1) is 6.92 Å². The predicted octanol–water partition coefficient (Wildman–Crippen LogP) is 3.58. The lowest BCUT2D eigenvalue weighted by Gasteiger charge is -2.08. The van der Waals surface area contributed by atoms with Gasteiger partial charge in [-0.1, -0.05) is 30.4 Å². The van der Waals surface area contributed by atoms with E-state index in [-0.39, 0.29) is 6.04 Å². The number of aryl methyl sites for hydroxylation is 1. The Morgan fingerprint density at radius 2 is 2.15 bits per heavy atom. The first-order valence-electron chi connectivity index (χ1n) is 6.87. The molecule has 1 N–H and O–H groups in total. The van der Waals surface area contributed by atoms with Gasteiger partial charge in [-0.2, -0.15) is 0 Å². The molecule has 0 fully saturated rings. The Balaban J connectivity index is 2.20. The number of rotatable bonds is 6. The van der Waals surface area contributed by atoms with Gasteiger partial charge in [0.2, 0.25) is 0 Å². The molecule has 2 rings (SSSR count). The lowest BCUT2D eigenvalue weighted by molar-refractivity contribution is 0.412. The van der Waals surface area contributed by atoms with Crippen molar-refractivity contribution in [3.8, 4) is 16.3 Å². The molecule has 0 saturated carbocycles. The maximum Gasteiger partial charge on any atom is 0.147 e. The van der Waals surface area contributed by atoms with Crippen molar-refractivity contribution in [1.82, 2.24) is 15.5 Å². The standard InChI is InChI=1S/C15H21N3OS/c1-5-8-16-11(3)14-17-18-15(20-14)12-7-6-10(2)13(9-12)19-4/h6-7,9,11,16H,5,8H2,1-4H3. The van der Waals surface area contributed by atoms with E-state index >= 15 is 0 Å². The van der Waals surface area contributed by atoms with Crippen LogP contribution >= 0.6 is 11.3 Å². The fraction of sp³-hybridized carbons (Fsp3) is 0.467. The van der Waals surface area contributed by atoms with Crippen LogP contribution in [0.15, 0.2) is 18.2 Å². The van der Waals surface area contributed by atoms with Crippen LogP contribution in [0.3, 0.4) is 0 Å². The van der Waals surface area contributed by atoms with Gasteiger partial charge in [-0.25, -0.2) is 0 Å². The SMILES string of the molecule is CCCNC(C)c1nnc(-c2ccc(C)c(OC)c2)s1. The first kappa shape index (κ1) is 14.9. The third-order valence-electron chi connectivity index (χ3n) is 3.17. The van der Waals surface area contributed by atoms with Crippen LogP contribution in [0.4, 0.5) is 0 Å². The van der Waals surface area contributed by atoms with Crippen molar-refractivity contribution >= 4 is 11.3 Å². The Morgan fingerprint density at radius 3 is 2.85 bits per heavy atom. The molecule has 0 spiro atoms. The molecule has 0 saturated heterocycles. The minimum Gasteiger partial charge on any atom is -0.496 e. The maximum absolute atomic E-state index is 5.36. The highest BCUT2D eigenvalue weighted by Gasteiger charge is 2.13. The Kier molecular flexibility index (Phi) is 5.09. The molecule has 108 valence electrons. The molecule has 0 amide bonds. The van der Waals surface area contributed by atoms with Crippen LogP contribution in [0.1, 0.15) is 36.9 Å². The maximum atomic E-state index is 5.36. The normalized spacial score (nSPS) is 12.4. The van der Waals surface area contributed by atoms with Crippen LogP contribution in [-0.4, -0.2) is 23.9 Å². The first-order chi connectivity index (χ1) is 9.65. The summed E-state index contributed by atoms with van der Waals surface area (Å²) in [5.74, 6) is 0.886. The number of aromatic nitrogens is 2. The minimum absolute atomic E-state index is 0.244. The molecule has 5 heteroatoms. The number of benzene rings is 1. The van der Waals surface area contributed by atoms with Crippen molar-refractivity contribution in [3.63, 3.8) is 0 Å². The second-order valence-corrected chi connectivity index (χ2v) is 5.81. The molecule has 4 nitrogen and oxygen atoms in total. The Bertz CT molecular complexity index is 568. The zero-order chi connectivity index (χ0) is 14.5. The molecule has 0 radical (unpaired) electrons. The number of nitrogens with one attached hydrogen (secondary N) is 1. The molecule has 1 atom stereocenters. The average Bonchev–Trinajstić information content (AvgIpc) is 2.95. The molecule has 0 aliphatic rings. The first-order valence-corrected chi connectivity index (χ1v) is 7.69. The fourth-order valence-corrected chi connectivity index (χ4v) is 2.79. The number of methoxy groups -OCH3 is 1. The topological polar surface area (TPSA) is 47.0 Å². The molecular formula is C15H21N3OS. The van der Waals surface area contributed by atoms with Crippen molar-refractivity contribution in [3.05, 3.63) is 28.8 Å². The Labute approximate surface area is 124 Å². The molecule has 20 heavy (non-hydrogen) atoms. The Hall–Kier alpha value is -1.46. The fourth-order valence-electron chi connectivity index (χ4n) is 1.93. The van der Waals surface area contributed by atoms with Crippen molar-refractivity contribution in [2.24, 2.45) is 0 Å². The highest BCUT2D eigenvalue weighted by Crippen LogP contribution is 2.30. The van der Waals surface area contributed by atoms with Gasteiger partial charge < -0.3 is 10.1 Å². The van der Waals surface area contributed by atoms with Crippen molar-refractivity contribution in [1.29, 1.82) is 0 Å². The summed E-state index contributed by atoms with van der Waals surface area (Å²) in [7, 11) is 1.69. The van der Waals surface area contributed by atoms with E-state index in [0.29, 0.717) is 0 Å². The third kappa shape index (κ3) is 3.35. The predicted molar refractivity (Wildman–Crippen MR) is 83.3 cm³/mol. The van der Waals surface area contributed by atoms with Gasteiger partial charge in [0.05, 0.1) is 13.2 Å². The summed E-state index contributed by atoms with van der Waals surface area (Å²) in [6, 6.07) is 6.37. The number of hydrogen-bond donors (Lipinski definition) is 1. The molecule has 2 aromatic rings. The van der Waals surface area contributed by atoms with E-state index in [4.69, 9.17) is 4.74 Å². The van der Waals surface area contributed by atoms with Gasteiger partial charge in [-0.05, 0) is 38.4 Å². The van der Waals surface area contributed by atoms with Crippen LogP contribution < -0.4 is 10.1 Å². The largest absolute Gasteiger partial charge is 0.496 e. The zero-order valence-corrected chi connectivity index (χ0v) is 13.3.